The molecular weight excluding hydrogens is 268 g/mol. The molecule has 0 aromatic carbocycles. The lowest BCUT2D eigenvalue weighted by Crippen LogP contribution is -2.17. The largest absolute Gasteiger partial charge is 0.449 e. The Morgan fingerprint density at radius 2 is 1.24 bits per heavy atom. The van der Waals surface area contributed by atoms with Crippen LogP contribution in [0.2, 0.25) is 0 Å². The van der Waals surface area contributed by atoms with Gasteiger partial charge in [-0.3, -0.25) is 9.59 Å². The Bertz CT molecular complexity index is 403. The minimum atomic E-state index is -0.362. The SMILES string of the molecule is CC#CC(CC)OC(=O)CCCC(=O)OC(C#CC)CC. The Morgan fingerprint density at radius 1 is 0.857 bits per heavy atom. The molecule has 0 aromatic rings. The zero-order chi connectivity index (χ0) is 16.1. The Hall–Kier alpha value is -1.94. The highest BCUT2D eigenvalue weighted by Crippen LogP contribution is 2.06. The van der Waals surface area contributed by atoms with Gasteiger partial charge in [0.1, 0.15) is 0 Å². The monoisotopic (exact) mass is 292 g/mol. The second-order valence-electron chi connectivity index (χ2n) is 4.42. The maximum absolute atomic E-state index is 11.6. The van der Waals surface area contributed by atoms with Gasteiger partial charge >= 0.3 is 11.9 Å². The van der Waals surface area contributed by atoms with E-state index in [0.717, 1.165) is 0 Å². The van der Waals surface area contributed by atoms with Crippen LogP contribution in [0.15, 0.2) is 0 Å². The molecule has 0 N–H and O–H groups in total. The fraction of sp³-hybridized carbons (Fsp3) is 0.647. The highest BCUT2D eigenvalue weighted by molar-refractivity contribution is 5.73. The molecule has 0 saturated carbocycles. The second kappa shape index (κ2) is 11.9. The molecule has 0 rings (SSSR count). The summed E-state index contributed by atoms with van der Waals surface area (Å²) < 4.78 is 10.4. The maximum Gasteiger partial charge on any atom is 0.307 e. The first-order chi connectivity index (χ1) is 10.1. The molecule has 116 valence electrons. The summed E-state index contributed by atoms with van der Waals surface area (Å²) >= 11 is 0. The summed E-state index contributed by atoms with van der Waals surface area (Å²) in [6, 6.07) is 0. The van der Waals surface area contributed by atoms with Crippen LogP contribution < -0.4 is 0 Å². The van der Waals surface area contributed by atoms with E-state index in [1.807, 2.05) is 13.8 Å². The average Bonchev–Trinajstić information content (AvgIpc) is 2.46. The fourth-order valence-electron chi connectivity index (χ4n) is 1.56. The Balaban J connectivity index is 4.00. The molecule has 0 aliphatic carbocycles. The van der Waals surface area contributed by atoms with Crippen molar-refractivity contribution in [3.63, 3.8) is 0 Å². The van der Waals surface area contributed by atoms with Gasteiger partial charge in [-0.2, -0.15) is 0 Å². The summed E-state index contributed by atoms with van der Waals surface area (Å²) in [5.41, 5.74) is 0. The van der Waals surface area contributed by atoms with Crippen molar-refractivity contribution < 1.29 is 19.1 Å². The van der Waals surface area contributed by atoms with Crippen molar-refractivity contribution in [3.8, 4) is 23.7 Å². The molecule has 21 heavy (non-hydrogen) atoms. The predicted octanol–water partition coefficient (Wildman–Crippen LogP) is 2.85. The number of hydrogen-bond acceptors (Lipinski definition) is 4. The molecule has 0 spiro atoms. The zero-order valence-corrected chi connectivity index (χ0v) is 13.3. The van der Waals surface area contributed by atoms with Crippen molar-refractivity contribution in [1.29, 1.82) is 0 Å². The van der Waals surface area contributed by atoms with E-state index < -0.39 is 0 Å². The molecule has 2 unspecified atom stereocenters. The van der Waals surface area contributed by atoms with Crippen LogP contribution in [0.4, 0.5) is 0 Å². The predicted molar refractivity (Wildman–Crippen MR) is 81.1 cm³/mol. The van der Waals surface area contributed by atoms with Crippen molar-refractivity contribution in [2.75, 3.05) is 0 Å². The number of rotatable bonds is 8. The van der Waals surface area contributed by atoms with Gasteiger partial charge in [-0.05, 0) is 33.1 Å². The number of carbonyl (C=O) groups is 2. The number of hydrogen-bond donors (Lipinski definition) is 0. The topological polar surface area (TPSA) is 52.6 Å². The van der Waals surface area contributed by atoms with Crippen LogP contribution in [-0.4, -0.2) is 24.1 Å². The van der Waals surface area contributed by atoms with Gasteiger partial charge < -0.3 is 9.47 Å². The van der Waals surface area contributed by atoms with Gasteiger partial charge in [0.05, 0.1) is 0 Å². The molecule has 4 heteroatoms. The van der Waals surface area contributed by atoms with Crippen LogP contribution in [0.5, 0.6) is 0 Å². The first-order valence-electron chi connectivity index (χ1n) is 7.30. The van der Waals surface area contributed by atoms with E-state index in [2.05, 4.69) is 23.7 Å². The summed E-state index contributed by atoms with van der Waals surface area (Å²) in [5.74, 6) is 10.4. The smallest absolute Gasteiger partial charge is 0.307 e. The highest BCUT2D eigenvalue weighted by Gasteiger charge is 2.13. The van der Waals surface area contributed by atoms with Gasteiger partial charge in [0, 0.05) is 12.8 Å². The molecule has 0 fully saturated rings. The van der Waals surface area contributed by atoms with Gasteiger partial charge in [0.2, 0.25) is 0 Å². The standard InChI is InChI=1S/C17H24O4/c1-5-10-14(7-3)20-16(18)12-9-13-17(19)21-15(8-4)11-6-2/h14-15H,7-9,12-13H2,1-4H3. The molecular formula is C17H24O4. The van der Waals surface area contributed by atoms with Crippen LogP contribution in [0.25, 0.3) is 0 Å². The lowest BCUT2D eigenvalue weighted by Gasteiger charge is -2.11. The lowest BCUT2D eigenvalue weighted by molar-refractivity contribution is -0.148. The molecule has 4 nitrogen and oxygen atoms in total. The molecule has 0 aromatic heterocycles. The van der Waals surface area contributed by atoms with E-state index in [9.17, 15) is 9.59 Å². The van der Waals surface area contributed by atoms with Gasteiger partial charge in [-0.1, -0.05) is 25.7 Å². The van der Waals surface area contributed by atoms with Gasteiger partial charge in [0.25, 0.3) is 0 Å². The third-order valence-corrected chi connectivity index (χ3v) is 2.66. The average molecular weight is 292 g/mol. The Morgan fingerprint density at radius 3 is 1.52 bits per heavy atom. The van der Waals surface area contributed by atoms with Crippen molar-refractivity contribution in [2.24, 2.45) is 0 Å². The van der Waals surface area contributed by atoms with E-state index in [-0.39, 0.29) is 37.0 Å². The molecule has 0 amide bonds. The summed E-state index contributed by atoms with van der Waals surface area (Å²) in [4.78, 5) is 23.2. The third-order valence-electron chi connectivity index (χ3n) is 2.66. The summed E-state index contributed by atoms with van der Waals surface area (Å²) in [7, 11) is 0. The van der Waals surface area contributed by atoms with Crippen LogP contribution in [0, 0.1) is 23.7 Å². The number of esters is 2. The van der Waals surface area contributed by atoms with E-state index in [1.165, 1.54) is 0 Å². The van der Waals surface area contributed by atoms with Gasteiger partial charge in [0.15, 0.2) is 12.2 Å². The second-order valence-corrected chi connectivity index (χ2v) is 4.42. The molecule has 0 aliphatic heterocycles. The normalized spacial score (nSPS) is 12.0. The van der Waals surface area contributed by atoms with Crippen LogP contribution >= 0.6 is 0 Å². The maximum atomic E-state index is 11.6. The molecule has 0 saturated heterocycles. The molecule has 2 atom stereocenters. The zero-order valence-electron chi connectivity index (χ0n) is 13.3. The first-order valence-corrected chi connectivity index (χ1v) is 7.30. The minimum Gasteiger partial charge on any atom is -0.449 e. The van der Waals surface area contributed by atoms with E-state index >= 15 is 0 Å². The van der Waals surface area contributed by atoms with Crippen molar-refractivity contribution in [3.05, 3.63) is 0 Å². The van der Waals surface area contributed by atoms with E-state index in [1.54, 1.807) is 13.8 Å². The quantitative estimate of drug-likeness (QED) is 0.510. The Labute approximate surface area is 127 Å². The molecule has 0 heterocycles. The van der Waals surface area contributed by atoms with Crippen LogP contribution in [-0.2, 0) is 19.1 Å². The number of carbonyl (C=O) groups excluding carboxylic acids is 2. The first kappa shape index (κ1) is 19.1. The number of ether oxygens (including phenoxy) is 2. The fourth-order valence-corrected chi connectivity index (χ4v) is 1.56. The van der Waals surface area contributed by atoms with Crippen LogP contribution in [0.3, 0.4) is 0 Å². The molecule has 0 aliphatic rings. The lowest BCUT2D eigenvalue weighted by atomic mass is 10.2. The summed E-state index contributed by atoms with van der Waals surface area (Å²) in [6.07, 6.45) is 1.37. The summed E-state index contributed by atoms with van der Waals surface area (Å²) in [6.45, 7) is 7.21. The van der Waals surface area contributed by atoms with E-state index in [0.29, 0.717) is 19.3 Å². The van der Waals surface area contributed by atoms with Gasteiger partial charge in [-0.15, -0.1) is 11.8 Å². The minimum absolute atomic E-state index is 0.188. The Kier molecular flexibility index (Phi) is 10.8. The van der Waals surface area contributed by atoms with Crippen molar-refractivity contribution in [1.82, 2.24) is 0 Å². The molecule has 0 bridgehead atoms. The van der Waals surface area contributed by atoms with E-state index in [4.69, 9.17) is 9.47 Å². The van der Waals surface area contributed by atoms with Crippen molar-refractivity contribution in [2.45, 2.75) is 72.0 Å². The van der Waals surface area contributed by atoms with Gasteiger partial charge in [-0.25, -0.2) is 0 Å². The van der Waals surface area contributed by atoms with Crippen molar-refractivity contribution >= 4 is 11.9 Å². The third kappa shape index (κ3) is 9.57. The van der Waals surface area contributed by atoms with Crippen LogP contribution in [0.1, 0.15) is 59.8 Å². The molecule has 0 radical (unpaired) electrons. The highest BCUT2D eigenvalue weighted by atomic mass is 16.5. The summed E-state index contributed by atoms with van der Waals surface area (Å²) in [5, 5.41) is 0.